The minimum Gasteiger partial charge on any atom is -0.338 e. The molecule has 0 spiro atoms. The highest BCUT2D eigenvalue weighted by Gasteiger charge is 2.31. The number of quaternary nitrogens is 1. The van der Waals surface area contributed by atoms with Crippen molar-refractivity contribution in [2.45, 2.75) is 12.5 Å². The lowest BCUT2D eigenvalue weighted by atomic mass is 10.2. The van der Waals surface area contributed by atoms with Crippen LogP contribution in [0.15, 0.2) is 30.3 Å². The van der Waals surface area contributed by atoms with Gasteiger partial charge in [-0.1, -0.05) is 18.2 Å². The first-order valence-corrected chi connectivity index (χ1v) is 7.25. The van der Waals surface area contributed by atoms with Crippen LogP contribution in [-0.2, 0) is 4.79 Å². The molecule has 1 aromatic rings. The Bertz CT molecular complexity index is 490. The van der Waals surface area contributed by atoms with Crippen LogP contribution in [0.2, 0.25) is 0 Å². The lowest BCUT2D eigenvalue weighted by Crippen LogP contribution is -3.06. The first kappa shape index (κ1) is 15.3. The number of likely N-dealkylation sites (N-methyl/N-ethyl adjacent to an activating group) is 1. The second-order valence-corrected chi connectivity index (χ2v) is 5.60. The van der Waals surface area contributed by atoms with Crippen LogP contribution < -0.4 is 20.4 Å². The largest absolute Gasteiger partial charge is 0.338 e. The van der Waals surface area contributed by atoms with Gasteiger partial charge in [-0.05, 0) is 12.1 Å². The molecule has 1 heterocycles. The molecule has 0 saturated carbocycles. The number of nitrogens with one attached hydrogen (secondary N) is 3. The van der Waals surface area contributed by atoms with E-state index in [1.807, 2.05) is 44.4 Å². The molecule has 1 aliphatic rings. The maximum absolute atomic E-state index is 12.0. The molecular weight excluding hydrogens is 268 g/mol. The molecule has 0 aliphatic carbocycles. The lowest BCUT2D eigenvalue weighted by molar-refractivity contribution is -0.856. The van der Waals surface area contributed by atoms with Crippen LogP contribution in [-0.4, -0.2) is 51.7 Å². The van der Waals surface area contributed by atoms with Crippen molar-refractivity contribution in [3.63, 3.8) is 0 Å². The van der Waals surface area contributed by atoms with Gasteiger partial charge in [-0.3, -0.25) is 4.79 Å². The second-order valence-electron chi connectivity index (χ2n) is 5.60. The van der Waals surface area contributed by atoms with Crippen molar-refractivity contribution >= 4 is 17.6 Å². The number of nitrogens with zero attached hydrogens (tertiary/aromatic N) is 1. The van der Waals surface area contributed by atoms with Crippen molar-refractivity contribution in [3.05, 3.63) is 30.3 Å². The van der Waals surface area contributed by atoms with E-state index in [9.17, 15) is 9.59 Å². The third kappa shape index (κ3) is 4.46. The normalized spacial score (nSPS) is 18.1. The maximum atomic E-state index is 12.0. The van der Waals surface area contributed by atoms with Crippen LogP contribution >= 0.6 is 0 Å². The third-order valence-electron chi connectivity index (χ3n) is 3.44. The Kier molecular flexibility index (Phi) is 5.16. The predicted molar refractivity (Wildman–Crippen MR) is 81.4 cm³/mol. The highest BCUT2D eigenvalue weighted by atomic mass is 16.2. The summed E-state index contributed by atoms with van der Waals surface area (Å²) in [6, 6.07) is 9.19. The number of hydrogen-bond donors (Lipinski definition) is 3. The van der Waals surface area contributed by atoms with Crippen molar-refractivity contribution in [1.29, 1.82) is 0 Å². The average Bonchev–Trinajstić information content (AvgIpc) is 2.80. The van der Waals surface area contributed by atoms with Gasteiger partial charge in [0.2, 0.25) is 5.91 Å². The molecule has 1 aromatic carbocycles. The van der Waals surface area contributed by atoms with E-state index in [0.29, 0.717) is 19.5 Å². The number of rotatable bonds is 5. The van der Waals surface area contributed by atoms with Crippen molar-refractivity contribution in [3.8, 4) is 0 Å². The van der Waals surface area contributed by atoms with E-state index < -0.39 is 0 Å². The van der Waals surface area contributed by atoms with Crippen molar-refractivity contribution in [2.75, 3.05) is 38.6 Å². The van der Waals surface area contributed by atoms with Crippen LogP contribution in [0.4, 0.5) is 10.5 Å². The molecule has 1 atom stereocenters. The fraction of sp³-hybridized carbons (Fsp3) is 0.467. The summed E-state index contributed by atoms with van der Waals surface area (Å²) in [6.45, 7) is 2.01. The number of anilines is 1. The summed E-state index contributed by atoms with van der Waals surface area (Å²) in [5.74, 6) is 0.0456. The molecule has 21 heavy (non-hydrogen) atoms. The first-order chi connectivity index (χ1) is 10.1. The van der Waals surface area contributed by atoms with Crippen LogP contribution in [0, 0.1) is 0 Å². The highest BCUT2D eigenvalue weighted by molar-refractivity contribution is 5.96. The van der Waals surface area contributed by atoms with E-state index >= 15 is 0 Å². The van der Waals surface area contributed by atoms with Gasteiger partial charge in [0.1, 0.15) is 0 Å². The van der Waals surface area contributed by atoms with Gasteiger partial charge in [0, 0.05) is 18.7 Å². The number of urea groups is 1. The zero-order valence-electron chi connectivity index (χ0n) is 12.6. The molecule has 6 heteroatoms. The fourth-order valence-electron chi connectivity index (χ4n) is 2.32. The number of carbonyl (C=O) groups excluding carboxylic acids is 2. The molecule has 6 nitrogen and oxygen atoms in total. The van der Waals surface area contributed by atoms with E-state index in [-0.39, 0.29) is 18.0 Å². The zero-order valence-corrected chi connectivity index (χ0v) is 12.6. The predicted octanol–water partition coefficient (Wildman–Crippen LogP) is -0.764. The van der Waals surface area contributed by atoms with Crippen molar-refractivity contribution in [1.82, 2.24) is 10.6 Å². The first-order valence-electron chi connectivity index (χ1n) is 7.25. The number of amides is 3. The molecule has 0 bridgehead atoms. The standard InChI is InChI=1S/C15H22N4O2/c1-18(2)9-8-16-15(21)17-12-10-14(20)19(11-12)13-6-4-3-5-7-13/h3-7,12H,8-11H2,1-2H3,(H2,16,17,21)/p+1/t12-/m1/s1. The van der Waals surface area contributed by atoms with Gasteiger partial charge in [-0.15, -0.1) is 0 Å². The lowest BCUT2D eigenvalue weighted by Gasteiger charge is -2.17. The van der Waals surface area contributed by atoms with E-state index in [0.717, 1.165) is 12.2 Å². The second kappa shape index (κ2) is 7.08. The minimum absolute atomic E-state index is 0.0456. The van der Waals surface area contributed by atoms with Gasteiger partial charge >= 0.3 is 6.03 Å². The molecule has 3 amide bonds. The summed E-state index contributed by atoms with van der Waals surface area (Å²) in [4.78, 5) is 26.8. The highest BCUT2D eigenvalue weighted by Crippen LogP contribution is 2.20. The summed E-state index contributed by atoms with van der Waals surface area (Å²) >= 11 is 0. The Morgan fingerprint density at radius 1 is 1.33 bits per heavy atom. The molecule has 114 valence electrons. The van der Waals surface area contributed by atoms with E-state index in [4.69, 9.17) is 0 Å². The molecule has 1 saturated heterocycles. The third-order valence-corrected chi connectivity index (χ3v) is 3.44. The molecule has 0 aromatic heterocycles. The van der Waals surface area contributed by atoms with Gasteiger partial charge in [-0.25, -0.2) is 4.79 Å². The Balaban J connectivity index is 1.81. The quantitative estimate of drug-likeness (QED) is 0.667. The average molecular weight is 291 g/mol. The van der Waals surface area contributed by atoms with Gasteiger partial charge in [0.25, 0.3) is 0 Å². The summed E-state index contributed by atoms with van der Waals surface area (Å²) in [5.41, 5.74) is 0.878. The molecule has 3 N–H and O–H groups in total. The number of hydrogen-bond acceptors (Lipinski definition) is 2. The smallest absolute Gasteiger partial charge is 0.315 e. The monoisotopic (exact) mass is 291 g/mol. The summed E-state index contributed by atoms with van der Waals surface area (Å²) in [6.07, 6.45) is 0.348. The fourth-order valence-corrected chi connectivity index (χ4v) is 2.32. The molecule has 1 aliphatic heterocycles. The number of para-hydroxylation sites is 1. The minimum atomic E-state index is -0.205. The molecule has 2 rings (SSSR count). The van der Waals surface area contributed by atoms with Gasteiger partial charge in [0.15, 0.2) is 0 Å². The summed E-state index contributed by atoms with van der Waals surface area (Å²) in [7, 11) is 4.07. The molecule has 0 radical (unpaired) electrons. The van der Waals surface area contributed by atoms with E-state index in [2.05, 4.69) is 10.6 Å². The summed E-state index contributed by atoms with van der Waals surface area (Å²) in [5, 5.41) is 5.67. The zero-order chi connectivity index (χ0) is 15.2. The topological polar surface area (TPSA) is 65.9 Å². The van der Waals surface area contributed by atoms with Crippen LogP contribution in [0.5, 0.6) is 0 Å². The van der Waals surface area contributed by atoms with Crippen LogP contribution in [0.25, 0.3) is 0 Å². The maximum Gasteiger partial charge on any atom is 0.315 e. The molecule has 1 fully saturated rings. The molecule has 0 unspecified atom stereocenters. The Morgan fingerprint density at radius 3 is 2.71 bits per heavy atom. The van der Waals surface area contributed by atoms with Crippen LogP contribution in [0.3, 0.4) is 0 Å². The Morgan fingerprint density at radius 2 is 2.05 bits per heavy atom. The Labute approximate surface area is 125 Å². The van der Waals surface area contributed by atoms with Crippen molar-refractivity contribution in [2.24, 2.45) is 0 Å². The summed E-state index contributed by atoms with van der Waals surface area (Å²) < 4.78 is 0. The van der Waals surface area contributed by atoms with Gasteiger partial charge < -0.3 is 20.4 Å². The van der Waals surface area contributed by atoms with E-state index in [1.165, 1.54) is 4.90 Å². The Hall–Kier alpha value is -2.08. The van der Waals surface area contributed by atoms with Gasteiger partial charge in [-0.2, -0.15) is 0 Å². The molecular formula is C15H23N4O2+. The van der Waals surface area contributed by atoms with E-state index in [1.54, 1.807) is 4.90 Å². The number of carbonyl (C=O) groups is 2. The SMILES string of the molecule is C[NH+](C)CCNC(=O)N[C@@H]1CC(=O)N(c2ccccc2)C1. The van der Waals surface area contributed by atoms with Crippen molar-refractivity contribution < 1.29 is 14.5 Å². The van der Waals surface area contributed by atoms with Gasteiger partial charge in [0.05, 0.1) is 33.2 Å². The number of benzene rings is 1. The van der Waals surface area contributed by atoms with Crippen LogP contribution in [0.1, 0.15) is 6.42 Å².